The molecule has 5 aromatic heterocycles. The van der Waals surface area contributed by atoms with Crippen molar-refractivity contribution in [2.45, 2.75) is 0 Å². The second kappa shape index (κ2) is 11.4. The zero-order valence-electron chi connectivity index (χ0n) is 27.1. The fourth-order valence-electron chi connectivity index (χ4n) is 7.49. The third kappa shape index (κ3) is 4.81. The molecule has 0 radical (unpaired) electrons. The lowest BCUT2D eigenvalue weighted by Crippen LogP contribution is -1.84. The predicted octanol–water partition coefficient (Wildman–Crippen LogP) is 14.2. The second-order valence-electron chi connectivity index (χ2n) is 13.1. The predicted molar refractivity (Wildman–Crippen MR) is 222 cm³/mol. The lowest BCUT2D eigenvalue weighted by Gasteiger charge is -2.09. The maximum absolute atomic E-state index is 4.40. The number of hydrogen-bond acceptors (Lipinski definition) is 5. The summed E-state index contributed by atoms with van der Waals surface area (Å²) in [6.45, 7) is 0. The highest BCUT2D eigenvalue weighted by Crippen LogP contribution is 2.41. The number of hydrogen-bond donors (Lipinski definition) is 0. The van der Waals surface area contributed by atoms with Crippen molar-refractivity contribution in [1.29, 1.82) is 0 Å². The molecule has 0 saturated heterocycles. The molecule has 0 fully saturated rings. The highest BCUT2D eigenvalue weighted by molar-refractivity contribution is 7.26. The summed E-state index contributed by atoms with van der Waals surface area (Å²) in [7, 11) is 0. The number of fused-ring (bicyclic) bond motifs is 9. The Labute approximate surface area is 305 Å². The molecule has 0 aliphatic rings. The van der Waals surface area contributed by atoms with Gasteiger partial charge in [0, 0.05) is 85.3 Å². The van der Waals surface area contributed by atoms with Crippen LogP contribution >= 0.6 is 34.0 Å². The van der Waals surface area contributed by atoms with E-state index in [1.165, 1.54) is 105 Å². The first-order valence-electron chi connectivity index (χ1n) is 16.9. The van der Waals surface area contributed by atoms with Crippen LogP contribution in [0, 0.1) is 0 Å². The van der Waals surface area contributed by atoms with Crippen LogP contribution in [-0.4, -0.2) is 9.97 Å². The number of pyridine rings is 2. The molecule has 0 aliphatic heterocycles. The molecule has 238 valence electrons. The Hall–Kier alpha value is -5.72. The van der Waals surface area contributed by atoms with Crippen molar-refractivity contribution >= 4 is 94.5 Å². The van der Waals surface area contributed by atoms with Crippen LogP contribution in [0.15, 0.2) is 158 Å². The molecule has 0 saturated carbocycles. The van der Waals surface area contributed by atoms with Crippen LogP contribution < -0.4 is 0 Å². The SMILES string of the molecule is c1cc(-c2cccc(-c3ccc4sc5ccc(-c6ccc7sc8ccncc8c7c6)cc5c4c3)c2)cc(-c2ccc3sc4ccncc4c3c2)c1. The summed E-state index contributed by atoms with van der Waals surface area (Å²) in [5, 5.41) is 7.61. The topological polar surface area (TPSA) is 25.8 Å². The van der Waals surface area contributed by atoms with E-state index >= 15 is 0 Å². The Morgan fingerprint density at radius 1 is 0.275 bits per heavy atom. The molecule has 0 N–H and O–H groups in total. The lowest BCUT2D eigenvalue weighted by molar-refractivity contribution is 1.37. The van der Waals surface area contributed by atoms with E-state index in [0.29, 0.717) is 0 Å². The summed E-state index contributed by atoms with van der Waals surface area (Å²) in [4.78, 5) is 8.79. The zero-order valence-corrected chi connectivity index (χ0v) is 29.6. The molecule has 11 rings (SSSR count). The molecular formula is C46H26N2S3. The summed E-state index contributed by atoms with van der Waals surface area (Å²) in [6.07, 6.45) is 7.73. The number of aromatic nitrogens is 2. The lowest BCUT2D eigenvalue weighted by atomic mass is 9.95. The van der Waals surface area contributed by atoms with E-state index in [9.17, 15) is 0 Å². The van der Waals surface area contributed by atoms with Crippen LogP contribution in [0.2, 0.25) is 0 Å². The van der Waals surface area contributed by atoms with Crippen LogP contribution in [0.5, 0.6) is 0 Å². The van der Waals surface area contributed by atoms with Gasteiger partial charge >= 0.3 is 0 Å². The first kappa shape index (κ1) is 29.1. The molecule has 2 nitrogen and oxygen atoms in total. The molecule has 5 heterocycles. The van der Waals surface area contributed by atoms with Crippen molar-refractivity contribution in [1.82, 2.24) is 9.97 Å². The molecule has 0 bridgehead atoms. The summed E-state index contributed by atoms with van der Waals surface area (Å²) in [5.41, 5.74) is 9.78. The first-order valence-corrected chi connectivity index (χ1v) is 19.4. The normalized spacial score (nSPS) is 11.9. The molecule has 0 unspecified atom stereocenters. The van der Waals surface area contributed by atoms with Crippen molar-refractivity contribution in [3.63, 3.8) is 0 Å². The Bertz CT molecular complexity index is 3160. The fourth-order valence-corrected chi connectivity index (χ4v) is 10.7. The third-order valence-electron chi connectivity index (χ3n) is 10.1. The highest BCUT2D eigenvalue weighted by atomic mass is 32.1. The van der Waals surface area contributed by atoms with Gasteiger partial charge in [-0.2, -0.15) is 0 Å². The van der Waals surface area contributed by atoms with Crippen molar-refractivity contribution in [2.75, 3.05) is 0 Å². The van der Waals surface area contributed by atoms with Crippen LogP contribution in [0.1, 0.15) is 0 Å². The minimum Gasteiger partial charge on any atom is -0.264 e. The molecule has 0 aliphatic carbocycles. The van der Waals surface area contributed by atoms with E-state index in [4.69, 9.17) is 0 Å². The van der Waals surface area contributed by atoms with E-state index < -0.39 is 0 Å². The van der Waals surface area contributed by atoms with Gasteiger partial charge in [0.1, 0.15) is 0 Å². The average molecular weight is 703 g/mol. The highest BCUT2D eigenvalue weighted by Gasteiger charge is 2.13. The van der Waals surface area contributed by atoms with Crippen LogP contribution in [0.3, 0.4) is 0 Å². The first-order chi connectivity index (χ1) is 25.2. The Morgan fingerprint density at radius 2 is 0.569 bits per heavy atom. The summed E-state index contributed by atoms with van der Waals surface area (Å²) < 4.78 is 7.78. The summed E-state index contributed by atoms with van der Waals surface area (Å²) in [6, 6.07) is 49.6. The van der Waals surface area contributed by atoms with E-state index in [2.05, 4.69) is 143 Å². The smallest absolute Gasteiger partial charge is 0.0386 e. The van der Waals surface area contributed by atoms with Gasteiger partial charge in [0.05, 0.1) is 0 Å². The van der Waals surface area contributed by atoms with Crippen molar-refractivity contribution in [3.05, 3.63) is 158 Å². The molecule has 5 heteroatoms. The van der Waals surface area contributed by atoms with E-state index in [1.807, 2.05) is 58.8 Å². The quantitative estimate of drug-likeness (QED) is 0.182. The number of benzene rings is 6. The zero-order chi connectivity index (χ0) is 33.5. The van der Waals surface area contributed by atoms with Crippen molar-refractivity contribution < 1.29 is 0 Å². The minimum absolute atomic E-state index is 1.21. The van der Waals surface area contributed by atoms with E-state index in [1.54, 1.807) is 0 Å². The second-order valence-corrected chi connectivity index (χ2v) is 16.3. The Balaban J connectivity index is 0.960. The van der Waals surface area contributed by atoms with Crippen molar-refractivity contribution in [3.8, 4) is 44.5 Å². The molecule has 0 atom stereocenters. The number of nitrogens with zero attached hydrogens (tertiary/aromatic N) is 2. The number of rotatable bonds is 4. The third-order valence-corrected chi connectivity index (χ3v) is 13.5. The molecular weight excluding hydrogens is 677 g/mol. The van der Waals surface area contributed by atoms with Gasteiger partial charge in [-0.05, 0) is 117 Å². The number of thiophene rings is 3. The van der Waals surface area contributed by atoms with Gasteiger partial charge in [0.2, 0.25) is 0 Å². The van der Waals surface area contributed by atoms with Gasteiger partial charge in [-0.15, -0.1) is 34.0 Å². The van der Waals surface area contributed by atoms with Crippen molar-refractivity contribution in [2.24, 2.45) is 0 Å². The summed E-state index contributed by atoms with van der Waals surface area (Å²) >= 11 is 5.52. The van der Waals surface area contributed by atoms with Gasteiger partial charge in [-0.3, -0.25) is 9.97 Å². The fraction of sp³-hybridized carbons (Fsp3) is 0. The Morgan fingerprint density at radius 3 is 0.922 bits per heavy atom. The van der Waals surface area contributed by atoms with E-state index in [0.717, 1.165) is 0 Å². The minimum atomic E-state index is 1.21. The molecule has 51 heavy (non-hydrogen) atoms. The Kier molecular flexibility index (Phi) is 6.50. The van der Waals surface area contributed by atoms with Gasteiger partial charge in [0.25, 0.3) is 0 Å². The van der Waals surface area contributed by atoms with Crippen LogP contribution in [0.4, 0.5) is 0 Å². The maximum Gasteiger partial charge on any atom is 0.0386 e. The molecule has 0 spiro atoms. The van der Waals surface area contributed by atoms with Gasteiger partial charge in [-0.25, -0.2) is 0 Å². The van der Waals surface area contributed by atoms with Crippen LogP contribution in [0.25, 0.3) is 105 Å². The van der Waals surface area contributed by atoms with E-state index in [-0.39, 0.29) is 0 Å². The molecule has 0 amide bonds. The molecule has 11 aromatic rings. The molecule has 6 aromatic carbocycles. The van der Waals surface area contributed by atoms with Gasteiger partial charge < -0.3 is 0 Å². The van der Waals surface area contributed by atoms with Gasteiger partial charge in [0.15, 0.2) is 0 Å². The average Bonchev–Trinajstić information content (AvgIpc) is 3.88. The van der Waals surface area contributed by atoms with Crippen LogP contribution in [-0.2, 0) is 0 Å². The standard InChI is InChI=1S/C46H26N2S3/c1-3-27(28-4-2-6-30(20-28)32-8-13-43-37(23-32)39-25-47-17-15-45(39)50-43)19-29(5-1)31-7-11-41-35(21-31)36-22-33(9-12-42(36)49-41)34-10-14-44-38(24-34)40-26-48-18-16-46(40)51-44/h1-26H. The monoisotopic (exact) mass is 702 g/mol. The largest absolute Gasteiger partial charge is 0.264 e. The van der Waals surface area contributed by atoms with Gasteiger partial charge in [-0.1, -0.05) is 60.7 Å². The summed E-state index contributed by atoms with van der Waals surface area (Å²) in [5.74, 6) is 0. The maximum atomic E-state index is 4.40.